The minimum Gasteiger partial charge on any atom is -0.481 e. The highest BCUT2D eigenvalue weighted by atomic mass is 32.3. The third kappa shape index (κ3) is 3.11. The summed E-state index contributed by atoms with van der Waals surface area (Å²) in [5.41, 5.74) is 0.361. The number of fused-ring (bicyclic) bond motifs is 8. The van der Waals surface area contributed by atoms with E-state index < -0.39 is 34.0 Å². The quantitative estimate of drug-likeness (QED) is 0.393. The van der Waals surface area contributed by atoms with Crippen molar-refractivity contribution in [1.82, 2.24) is 0 Å². The molecule has 1 N–H and O–H groups in total. The number of hydrogen-bond donors (Lipinski definition) is 1. The average Bonchev–Trinajstić information content (AvgIpc) is 3.10. The fourth-order valence-electron chi connectivity index (χ4n) is 11.5. The Labute approximate surface area is 223 Å². The molecule has 0 amide bonds. The van der Waals surface area contributed by atoms with E-state index in [-0.39, 0.29) is 27.6 Å². The van der Waals surface area contributed by atoms with E-state index in [2.05, 4.69) is 54.5 Å². The normalized spacial score (nSPS) is 55.5. The number of hydrogen-bond acceptors (Lipinski definition) is 5. The topological polar surface area (TPSA) is 89.9 Å². The van der Waals surface area contributed by atoms with Crippen molar-refractivity contribution in [3.05, 3.63) is 11.6 Å². The smallest absolute Gasteiger partial charge is 0.400 e. The Bertz CT molecular complexity index is 1160. The molecule has 6 aliphatic rings. The van der Waals surface area contributed by atoms with Crippen molar-refractivity contribution in [3.8, 4) is 0 Å². The first-order valence-electron chi connectivity index (χ1n) is 14.6. The molecule has 208 valence electrons. The van der Waals surface area contributed by atoms with Gasteiger partial charge in [-0.3, -0.25) is 4.79 Å². The summed E-state index contributed by atoms with van der Waals surface area (Å²) >= 11 is 0. The van der Waals surface area contributed by atoms with Crippen molar-refractivity contribution in [2.75, 3.05) is 0 Å². The van der Waals surface area contributed by atoms with Gasteiger partial charge in [0.2, 0.25) is 0 Å². The summed E-state index contributed by atoms with van der Waals surface area (Å²) in [6.45, 7) is 16.3. The van der Waals surface area contributed by atoms with E-state index in [0.717, 1.165) is 44.9 Å². The molecule has 4 saturated carbocycles. The summed E-state index contributed by atoms with van der Waals surface area (Å²) in [6.07, 6.45) is 8.80. The van der Waals surface area contributed by atoms with Gasteiger partial charge in [-0.2, -0.15) is 8.42 Å². The number of carbonyl (C=O) groups is 1. The summed E-state index contributed by atoms with van der Waals surface area (Å²) in [6, 6.07) is 0. The van der Waals surface area contributed by atoms with E-state index in [1.54, 1.807) is 0 Å². The average molecular weight is 535 g/mol. The lowest BCUT2D eigenvalue weighted by Crippen LogP contribution is -2.67. The minimum absolute atomic E-state index is 0.0225. The second-order valence-electron chi connectivity index (χ2n) is 15.2. The summed E-state index contributed by atoms with van der Waals surface area (Å²) in [5.74, 6) is 1.10. The summed E-state index contributed by atoms with van der Waals surface area (Å²) in [4.78, 5) is 12.9. The molecule has 0 bridgehead atoms. The molecule has 0 aromatic heterocycles. The monoisotopic (exact) mass is 534 g/mol. The standard InChI is InChI=1S/C30H46O6S/c1-17-10-13-30(25(31)32)15-14-28(6)19(23(30)18(17)2)8-9-22-27(5)16-20-24(36-37(33,34)35-20)26(3,4)21(27)11-12-29(22,28)7/h8,17-18,20-24H,9-16H2,1-7H3,(H,31,32)/t17-,18+,20-,21?,22?,23?,24+,27+,28-,29-,30+/m1/s1. The zero-order chi connectivity index (χ0) is 27.0. The molecule has 5 fully saturated rings. The highest BCUT2D eigenvalue weighted by molar-refractivity contribution is 7.82. The summed E-state index contributed by atoms with van der Waals surface area (Å²) in [5, 5.41) is 10.6. The zero-order valence-electron chi connectivity index (χ0n) is 23.7. The predicted octanol–water partition coefficient (Wildman–Crippen LogP) is 6.37. The van der Waals surface area contributed by atoms with Crippen LogP contribution in [-0.4, -0.2) is 31.7 Å². The first-order valence-corrected chi connectivity index (χ1v) is 15.9. The maximum absolute atomic E-state index is 12.9. The Morgan fingerprint density at radius 1 is 0.973 bits per heavy atom. The largest absolute Gasteiger partial charge is 0.481 e. The molecule has 7 heteroatoms. The van der Waals surface area contributed by atoms with Crippen LogP contribution in [0.4, 0.5) is 0 Å². The van der Waals surface area contributed by atoms with Gasteiger partial charge in [-0.1, -0.05) is 60.1 Å². The molecule has 1 heterocycles. The van der Waals surface area contributed by atoms with Crippen molar-refractivity contribution in [1.29, 1.82) is 0 Å². The van der Waals surface area contributed by atoms with Gasteiger partial charge < -0.3 is 5.11 Å². The predicted molar refractivity (Wildman–Crippen MR) is 141 cm³/mol. The van der Waals surface area contributed by atoms with Crippen molar-refractivity contribution in [2.24, 2.45) is 56.7 Å². The molecule has 1 saturated heterocycles. The van der Waals surface area contributed by atoms with Gasteiger partial charge in [-0.25, -0.2) is 8.37 Å². The van der Waals surface area contributed by atoms with Crippen LogP contribution >= 0.6 is 0 Å². The van der Waals surface area contributed by atoms with Crippen LogP contribution in [0.15, 0.2) is 11.6 Å². The molecule has 37 heavy (non-hydrogen) atoms. The molecule has 6 nitrogen and oxygen atoms in total. The van der Waals surface area contributed by atoms with Crippen LogP contribution in [0.2, 0.25) is 0 Å². The van der Waals surface area contributed by atoms with Gasteiger partial charge in [0.25, 0.3) is 0 Å². The Balaban J connectivity index is 1.45. The van der Waals surface area contributed by atoms with Crippen LogP contribution < -0.4 is 0 Å². The second-order valence-corrected chi connectivity index (χ2v) is 16.4. The van der Waals surface area contributed by atoms with E-state index in [9.17, 15) is 18.3 Å². The van der Waals surface area contributed by atoms with Crippen molar-refractivity contribution >= 4 is 16.4 Å². The number of aliphatic carboxylic acids is 1. The van der Waals surface area contributed by atoms with Crippen LogP contribution in [0, 0.1) is 56.7 Å². The maximum Gasteiger partial charge on any atom is 0.400 e. The molecule has 6 rings (SSSR count). The van der Waals surface area contributed by atoms with Crippen molar-refractivity contribution in [3.63, 3.8) is 0 Å². The molecule has 0 spiro atoms. The lowest BCUT2D eigenvalue weighted by molar-refractivity contribution is -0.212. The zero-order valence-corrected chi connectivity index (χ0v) is 24.5. The van der Waals surface area contributed by atoms with Gasteiger partial charge >= 0.3 is 16.4 Å². The molecular formula is C30H46O6S. The Hall–Kier alpha value is -0.920. The van der Waals surface area contributed by atoms with Gasteiger partial charge in [0, 0.05) is 0 Å². The van der Waals surface area contributed by atoms with Gasteiger partial charge in [0.05, 0.1) is 5.41 Å². The van der Waals surface area contributed by atoms with Crippen molar-refractivity contribution < 1.29 is 26.7 Å². The van der Waals surface area contributed by atoms with E-state index in [1.165, 1.54) is 5.57 Å². The van der Waals surface area contributed by atoms with Gasteiger partial charge in [0.15, 0.2) is 0 Å². The highest BCUT2D eigenvalue weighted by Gasteiger charge is 2.71. The van der Waals surface area contributed by atoms with E-state index >= 15 is 0 Å². The minimum atomic E-state index is -3.95. The fraction of sp³-hybridized carbons (Fsp3) is 0.900. The lowest BCUT2D eigenvalue weighted by Gasteiger charge is -2.71. The van der Waals surface area contributed by atoms with Gasteiger partial charge in [0.1, 0.15) is 12.2 Å². The highest BCUT2D eigenvalue weighted by Crippen LogP contribution is 2.76. The van der Waals surface area contributed by atoms with Crippen molar-refractivity contribution in [2.45, 2.75) is 112 Å². The van der Waals surface area contributed by atoms with Crippen LogP contribution in [-0.2, 0) is 23.6 Å². The molecule has 0 aromatic carbocycles. The molecule has 1 aliphatic heterocycles. The fourth-order valence-corrected chi connectivity index (χ4v) is 12.7. The SMILES string of the molecule is C[C@@H]1CC[C@]2(C(=O)O)CC[C@]3(C)C(=CCC4[C@@]5(C)C[C@H]6OS(=O)(=O)O[C@@H]6C(C)(C)C5CC[C@]43C)C2[C@H]1C. The van der Waals surface area contributed by atoms with Gasteiger partial charge in [-0.15, -0.1) is 0 Å². The van der Waals surface area contributed by atoms with Crippen LogP contribution in [0.25, 0.3) is 0 Å². The third-order valence-electron chi connectivity index (χ3n) is 13.8. The van der Waals surface area contributed by atoms with Crippen LogP contribution in [0.5, 0.6) is 0 Å². The molecule has 5 aliphatic carbocycles. The van der Waals surface area contributed by atoms with Gasteiger partial charge in [-0.05, 0) is 103 Å². The summed E-state index contributed by atoms with van der Waals surface area (Å²) in [7, 11) is -3.95. The van der Waals surface area contributed by atoms with Crippen LogP contribution in [0.1, 0.15) is 99.8 Å². The number of carboxylic acid groups (broad SMARTS) is 1. The maximum atomic E-state index is 12.9. The molecule has 3 unspecified atom stereocenters. The van der Waals surface area contributed by atoms with E-state index in [1.807, 2.05) is 0 Å². The Morgan fingerprint density at radius 2 is 1.68 bits per heavy atom. The second kappa shape index (κ2) is 7.63. The third-order valence-corrected chi connectivity index (χ3v) is 14.7. The Kier molecular flexibility index (Phi) is 5.42. The molecule has 0 radical (unpaired) electrons. The Morgan fingerprint density at radius 3 is 2.35 bits per heavy atom. The summed E-state index contributed by atoms with van der Waals surface area (Å²) < 4.78 is 35.8. The van der Waals surface area contributed by atoms with Crippen LogP contribution in [0.3, 0.4) is 0 Å². The molecular weight excluding hydrogens is 488 g/mol. The number of allylic oxidation sites excluding steroid dienone is 2. The molecule has 0 aromatic rings. The first kappa shape index (κ1) is 26.3. The van der Waals surface area contributed by atoms with E-state index in [0.29, 0.717) is 30.1 Å². The lowest BCUT2D eigenvalue weighted by atomic mass is 9.33. The molecule has 11 atom stereocenters. The van der Waals surface area contributed by atoms with E-state index in [4.69, 9.17) is 8.37 Å². The number of carboxylic acids is 1. The first-order chi connectivity index (χ1) is 17.0. The number of rotatable bonds is 1.